The Morgan fingerprint density at radius 1 is 1.35 bits per heavy atom. The molecule has 1 aliphatic rings. The Labute approximate surface area is 125 Å². The lowest BCUT2D eigenvalue weighted by Gasteiger charge is -2.32. The molecule has 1 aromatic rings. The summed E-state index contributed by atoms with van der Waals surface area (Å²) in [6.45, 7) is 2.93. The third-order valence-corrected chi connectivity index (χ3v) is 4.10. The molecule has 110 valence electrons. The SMILES string of the molecule is COc1ccc(CN2CCCC(C(N)=S)C2)cc1OC. The van der Waals surface area contributed by atoms with Crippen molar-refractivity contribution in [3.8, 4) is 11.5 Å². The van der Waals surface area contributed by atoms with Gasteiger partial charge < -0.3 is 15.2 Å². The number of hydrogen-bond donors (Lipinski definition) is 1. The maximum atomic E-state index is 5.77. The second-order valence-electron chi connectivity index (χ2n) is 5.17. The van der Waals surface area contributed by atoms with E-state index >= 15 is 0 Å². The largest absolute Gasteiger partial charge is 0.493 e. The summed E-state index contributed by atoms with van der Waals surface area (Å²) in [5, 5.41) is 0. The monoisotopic (exact) mass is 294 g/mol. The zero-order valence-electron chi connectivity index (χ0n) is 12.1. The predicted molar refractivity (Wildman–Crippen MR) is 84.3 cm³/mol. The number of methoxy groups -OCH3 is 2. The van der Waals surface area contributed by atoms with Crippen LogP contribution in [0.15, 0.2) is 18.2 Å². The first-order valence-electron chi connectivity index (χ1n) is 6.86. The van der Waals surface area contributed by atoms with Crippen LogP contribution in [0.4, 0.5) is 0 Å². The van der Waals surface area contributed by atoms with E-state index in [1.54, 1.807) is 14.2 Å². The maximum Gasteiger partial charge on any atom is 0.161 e. The van der Waals surface area contributed by atoms with Gasteiger partial charge in [0.1, 0.15) is 0 Å². The molecule has 20 heavy (non-hydrogen) atoms. The van der Waals surface area contributed by atoms with Gasteiger partial charge in [0, 0.05) is 19.0 Å². The van der Waals surface area contributed by atoms with E-state index in [0.29, 0.717) is 10.9 Å². The highest BCUT2D eigenvalue weighted by molar-refractivity contribution is 7.80. The molecular weight excluding hydrogens is 272 g/mol. The van der Waals surface area contributed by atoms with Crippen LogP contribution >= 0.6 is 12.2 Å². The molecule has 1 aromatic carbocycles. The van der Waals surface area contributed by atoms with Crippen molar-refractivity contribution in [2.45, 2.75) is 19.4 Å². The molecule has 0 saturated carbocycles. The molecule has 1 unspecified atom stereocenters. The van der Waals surface area contributed by atoms with Crippen LogP contribution in [0.25, 0.3) is 0 Å². The van der Waals surface area contributed by atoms with Gasteiger partial charge in [-0.25, -0.2) is 0 Å². The number of thiocarbonyl (C=S) groups is 1. The van der Waals surface area contributed by atoms with Crippen molar-refractivity contribution in [1.29, 1.82) is 0 Å². The van der Waals surface area contributed by atoms with Crippen molar-refractivity contribution in [2.75, 3.05) is 27.3 Å². The van der Waals surface area contributed by atoms with Gasteiger partial charge in [0.15, 0.2) is 11.5 Å². The molecule has 0 aliphatic carbocycles. The Bertz CT molecular complexity index is 479. The average molecular weight is 294 g/mol. The smallest absolute Gasteiger partial charge is 0.161 e. The predicted octanol–water partition coefficient (Wildman–Crippen LogP) is 2.20. The topological polar surface area (TPSA) is 47.7 Å². The summed E-state index contributed by atoms with van der Waals surface area (Å²) in [6.07, 6.45) is 2.26. The minimum atomic E-state index is 0.346. The Kier molecular flexibility index (Phi) is 5.20. The van der Waals surface area contributed by atoms with Crippen LogP contribution in [0, 0.1) is 5.92 Å². The Balaban J connectivity index is 2.04. The standard InChI is InChI=1S/C15H22N2O2S/c1-18-13-6-5-11(8-14(13)19-2)9-17-7-3-4-12(10-17)15(16)20/h5-6,8,12H,3-4,7,9-10H2,1-2H3,(H2,16,20). The molecule has 0 radical (unpaired) electrons. The van der Waals surface area contributed by atoms with Gasteiger partial charge >= 0.3 is 0 Å². The van der Waals surface area contributed by atoms with Crippen molar-refractivity contribution < 1.29 is 9.47 Å². The number of nitrogens with two attached hydrogens (primary N) is 1. The molecule has 1 aliphatic heterocycles. The first-order chi connectivity index (χ1) is 9.63. The molecule has 1 heterocycles. The van der Waals surface area contributed by atoms with E-state index in [1.165, 1.54) is 5.56 Å². The van der Waals surface area contributed by atoms with Crippen LogP contribution in [0.2, 0.25) is 0 Å². The van der Waals surface area contributed by atoms with Crippen molar-refractivity contribution in [1.82, 2.24) is 4.90 Å². The number of ether oxygens (including phenoxy) is 2. The average Bonchev–Trinajstić information content (AvgIpc) is 2.47. The minimum absolute atomic E-state index is 0.346. The molecule has 2 rings (SSSR count). The summed E-state index contributed by atoms with van der Waals surface area (Å²) >= 11 is 5.12. The Hall–Kier alpha value is -1.33. The van der Waals surface area contributed by atoms with E-state index in [1.807, 2.05) is 12.1 Å². The van der Waals surface area contributed by atoms with Gasteiger partial charge in [-0.3, -0.25) is 4.90 Å². The molecule has 0 spiro atoms. The second kappa shape index (κ2) is 6.90. The fourth-order valence-electron chi connectivity index (χ4n) is 2.67. The highest BCUT2D eigenvalue weighted by Crippen LogP contribution is 2.28. The van der Waals surface area contributed by atoms with Gasteiger partial charge in [-0.05, 0) is 37.1 Å². The first kappa shape index (κ1) is 15.1. The molecule has 5 heteroatoms. The maximum absolute atomic E-state index is 5.77. The van der Waals surface area contributed by atoms with E-state index in [9.17, 15) is 0 Å². The van der Waals surface area contributed by atoms with E-state index < -0.39 is 0 Å². The van der Waals surface area contributed by atoms with E-state index in [-0.39, 0.29) is 0 Å². The van der Waals surface area contributed by atoms with Gasteiger partial charge in [0.05, 0.1) is 19.2 Å². The zero-order valence-corrected chi connectivity index (χ0v) is 12.9. The molecule has 1 fully saturated rings. The van der Waals surface area contributed by atoms with Crippen molar-refractivity contribution in [2.24, 2.45) is 11.7 Å². The summed E-state index contributed by atoms with van der Waals surface area (Å²) in [5.41, 5.74) is 6.99. The lowest BCUT2D eigenvalue weighted by atomic mass is 9.97. The fourth-order valence-corrected chi connectivity index (χ4v) is 2.86. The third kappa shape index (κ3) is 3.61. The van der Waals surface area contributed by atoms with Crippen molar-refractivity contribution in [3.05, 3.63) is 23.8 Å². The molecule has 4 nitrogen and oxygen atoms in total. The molecule has 1 saturated heterocycles. The van der Waals surface area contributed by atoms with Crippen LogP contribution in [-0.4, -0.2) is 37.2 Å². The van der Waals surface area contributed by atoms with Crippen LogP contribution in [0.3, 0.4) is 0 Å². The Morgan fingerprint density at radius 2 is 2.10 bits per heavy atom. The minimum Gasteiger partial charge on any atom is -0.493 e. The van der Waals surface area contributed by atoms with Crippen LogP contribution in [-0.2, 0) is 6.54 Å². The third-order valence-electron chi connectivity index (χ3n) is 3.76. The summed E-state index contributed by atoms with van der Waals surface area (Å²) in [7, 11) is 3.31. The number of piperidine rings is 1. The summed E-state index contributed by atoms with van der Waals surface area (Å²) in [4.78, 5) is 3.04. The van der Waals surface area contributed by atoms with Gasteiger partial charge in [-0.2, -0.15) is 0 Å². The molecular formula is C15H22N2O2S. The van der Waals surface area contributed by atoms with E-state index in [4.69, 9.17) is 27.4 Å². The number of nitrogens with zero attached hydrogens (tertiary/aromatic N) is 1. The molecule has 0 aromatic heterocycles. The van der Waals surface area contributed by atoms with Gasteiger partial charge in [-0.15, -0.1) is 0 Å². The lowest BCUT2D eigenvalue weighted by Crippen LogP contribution is -2.39. The van der Waals surface area contributed by atoms with E-state index in [2.05, 4.69) is 11.0 Å². The van der Waals surface area contributed by atoms with Gasteiger partial charge in [0.25, 0.3) is 0 Å². The number of benzene rings is 1. The van der Waals surface area contributed by atoms with Crippen molar-refractivity contribution >= 4 is 17.2 Å². The number of hydrogen-bond acceptors (Lipinski definition) is 4. The number of likely N-dealkylation sites (tertiary alicyclic amines) is 1. The molecule has 1 atom stereocenters. The summed E-state index contributed by atoms with van der Waals surface area (Å²) < 4.78 is 10.6. The molecule has 2 N–H and O–H groups in total. The van der Waals surface area contributed by atoms with Gasteiger partial charge in [0.2, 0.25) is 0 Å². The van der Waals surface area contributed by atoms with E-state index in [0.717, 1.165) is 44.0 Å². The summed E-state index contributed by atoms with van der Waals surface area (Å²) in [6, 6.07) is 6.05. The first-order valence-corrected chi connectivity index (χ1v) is 7.27. The zero-order chi connectivity index (χ0) is 14.5. The molecule has 0 amide bonds. The second-order valence-corrected chi connectivity index (χ2v) is 5.64. The van der Waals surface area contributed by atoms with Crippen molar-refractivity contribution in [3.63, 3.8) is 0 Å². The quantitative estimate of drug-likeness (QED) is 0.844. The van der Waals surface area contributed by atoms with Crippen LogP contribution < -0.4 is 15.2 Å². The lowest BCUT2D eigenvalue weighted by molar-refractivity contribution is 0.197. The van der Waals surface area contributed by atoms with Crippen LogP contribution in [0.1, 0.15) is 18.4 Å². The molecule has 0 bridgehead atoms. The highest BCUT2D eigenvalue weighted by Gasteiger charge is 2.22. The highest BCUT2D eigenvalue weighted by atomic mass is 32.1. The Morgan fingerprint density at radius 3 is 2.75 bits per heavy atom. The number of rotatable bonds is 5. The summed E-state index contributed by atoms with van der Waals surface area (Å²) in [5.74, 6) is 1.88. The normalized spacial score (nSPS) is 19.6. The van der Waals surface area contributed by atoms with Crippen LogP contribution in [0.5, 0.6) is 11.5 Å². The van der Waals surface area contributed by atoms with Gasteiger partial charge in [-0.1, -0.05) is 18.3 Å². The fraction of sp³-hybridized carbons (Fsp3) is 0.533.